The maximum atomic E-state index is 14.5. The van der Waals surface area contributed by atoms with E-state index in [-0.39, 0.29) is 30.4 Å². The number of pyridine rings is 1. The zero-order chi connectivity index (χ0) is 28.7. The highest BCUT2D eigenvalue weighted by atomic mass is 16.5. The molecule has 3 atom stereocenters. The van der Waals surface area contributed by atoms with Gasteiger partial charge in [0.05, 0.1) is 19.9 Å². The zero-order valence-electron chi connectivity index (χ0n) is 23.0. The molecule has 0 saturated carbocycles. The molecule has 0 unspecified atom stereocenters. The number of fused-ring (bicyclic) bond motifs is 4. The Morgan fingerprint density at radius 1 is 0.902 bits per heavy atom. The van der Waals surface area contributed by atoms with Gasteiger partial charge in [-0.15, -0.1) is 0 Å². The minimum Gasteiger partial charge on any atom is -0.497 e. The Hall–Kier alpha value is -4.44. The summed E-state index contributed by atoms with van der Waals surface area (Å²) in [5.41, 5.74) is 0.385. The van der Waals surface area contributed by atoms with Gasteiger partial charge in [0.25, 0.3) is 11.5 Å². The molecule has 10 nitrogen and oxygen atoms in total. The van der Waals surface area contributed by atoms with Crippen LogP contribution >= 0.6 is 0 Å². The van der Waals surface area contributed by atoms with Crippen LogP contribution in [0.15, 0.2) is 71.5 Å². The number of barbiturate groups is 1. The number of amides is 4. The normalized spacial score (nSPS) is 24.0. The van der Waals surface area contributed by atoms with Crippen LogP contribution in [0.4, 0.5) is 10.5 Å². The van der Waals surface area contributed by atoms with Gasteiger partial charge >= 0.3 is 6.03 Å². The molecule has 0 radical (unpaired) electrons. The molecule has 4 heterocycles. The lowest BCUT2D eigenvalue weighted by atomic mass is 9.75. The molecular weight excluding hydrogens is 524 g/mol. The number of nitrogens with one attached hydrogen (secondary N) is 1. The van der Waals surface area contributed by atoms with Gasteiger partial charge in [0, 0.05) is 56.3 Å². The van der Waals surface area contributed by atoms with Crippen LogP contribution in [-0.4, -0.2) is 61.2 Å². The molecule has 0 spiro atoms. The van der Waals surface area contributed by atoms with E-state index in [1.807, 2.05) is 10.6 Å². The summed E-state index contributed by atoms with van der Waals surface area (Å²) < 4.78 is 12.8. The number of para-hydroxylation sites is 1. The van der Waals surface area contributed by atoms with E-state index >= 15 is 0 Å². The number of imide groups is 2. The van der Waals surface area contributed by atoms with Crippen LogP contribution < -0.4 is 25.2 Å². The number of ether oxygens (including phenoxy) is 2. The molecule has 0 aliphatic carbocycles. The van der Waals surface area contributed by atoms with Crippen molar-refractivity contribution in [1.82, 2.24) is 14.8 Å². The first kappa shape index (κ1) is 26.8. The van der Waals surface area contributed by atoms with Crippen molar-refractivity contribution < 1.29 is 23.9 Å². The van der Waals surface area contributed by atoms with E-state index in [4.69, 9.17) is 9.47 Å². The Morgan fingerprint density at radius 3 is 2.46 bits per heavy atom. The number of anilines is 1. The smallest absolute Gasteiger partial charge is 0.335 e. The van der Waals surface area contributed by atoms with E-state index in [0.29, 0.717) is 42.4 Å². The maximum Gasteiger partial charge on any atom is 0.335 e. The van der Waals surface area contributed by atoms with Gasteiger partial charge < -0.3 is 18.9 Å². The van der Waals surface area contributed by atoms with Gasteiger partial charge in [-0.05, 0) is 42.2 Å². The number of methoxy groups -OCH3 is 2. The molecule has 3 aromatic rings. The van der Waals surface area contributed by atoms with Crippen LogP contribution in [0.1, 0.15) is 23.6 Å². The van der Waals surface area contributed by atoms with Gasteiger partial charge in [-0.25, -0.2) is 9.69 Å². The summed E-state index contributed by atoms with van der Waals surface area (Å²) in [7, 11) is 3.08. The number of hydrogen-bond donors (Lipinski definition) is 1. The second-order valence-corrected chi connectivity index (χ2v) is 11.1. The predicted octanol–water partition coefficient (Wildman–Crippen LogP) is 2.80. The van der Waals surface area contributed by atoms with Crippen LogP contribution in [0.3, 0.4) is 0 Å². The zero-order valence-corrected chi connectivity index (χ0v) is 23.0. The summed E-state index contributed by atoms with van der Waals surface area (Å²) in [6.07, 6.45) is 0.956. The van der Waals surface area contributed by atoms with Crippen LogP contribution in [0, 0.1) is 11.3 Å². The van der Waals surface area contributed by atoms with E-state index in [1.165, 1.54) is 7.11 Å². The molecular formula is C31H32N4O6. The molecule has 1 N–H and O–H groups in total. The Bertz CT molecular complexity index is 1570. The standard InChI is InChI=1S/C31H32N4O6/c1-40-24-12-11-21(26(14-24)41-2)15-31(28(37)32-30(39)35(29(31)38)23-7-4-3-5-8-23)19-33-16-20-13-22(18-33)25-9-6-10-27(36)34(25)17-20/h3-12,14,20,22H,13,15-19H2,1-2H3,(H,32,37,39)/t20-,22+,31-/m1/s1. The van der Waals surface area contributed by atoms with Crippen molar-refractivity contribution >= 4 is 23.5 Å². The molecule has 41 heavy (non-hydrogen) atoms. The molecule has 2 bridgehead atoms. The second-order valence-electron chi connectivity index (χ2n) is 11.1. The third kappa shape index (κ3) is 4.67. The van der Waals surface area contributed by atoms with Crippen LogP contribution in [0.2, 0.25) is 0 Å². The fourth-order valence-corrected chi connectivity index (χ4v) is 6.67. The molecule has 10 heteroatoms. The Kier molecular flexibility index (Phi) is 6.86. The lowest BCUT2D eigenvalue weighted by Gasteiger charge is -2.47. The third-order valence-electron chi connectivity index (χ3n) is 8.52. The average Bonchev–Trinajstić information content (AvgIpc) is 2.97. The van der Waals surface area contributed by atoms with Crippen molar-refractivity contribution in [3.8, 4) is 11.5 Å². The van der Waals surface area contributed by atoms with Gasteiger partial charge in [-0.2, -0.15) is 0 Å². The number of carbonyl (C=O) groups excluding carboxylic acids is 3. The topological polar surface area (TPSA) is 110 Å². The monoisotopic (exact) mass is 556 g/mol. The van der Waals surface area contributed by atoms with E-state index in [9.17, 15) is 19.2 Å². The minimum atomic E-state index is -1.62. The minimum absolute atomic E-state index is 0.00688. The molecule has 1 aromatic heterocycles. The number of aromatic nitrogens is 1. The van der Waals surface area contributed by atoms with E-state index in [2.05, 4.69) is 10.2 Å². The summed E-state index contributed by atoms with van der Waals surface area (Å²) in [5, 5.41) is 2.48. The van der Waals surface area contributed by atoms with E-state index in [0.717, 1.165) is 17.0 Å². The number of hydrogen-bond acceptors (Lipinski definition) is 7. The largest absolute Gasteiger partial charge is 0.497 e. The van der Waals surface area contributed by atoms with Crippen LogP contribution in [0.25, 0.3) is 0 Å². The SMILES string of the molecule is COc1ccc(C[C@@]2(CN3C[C@H]4C[C@@H](C3)c3cccc(=O)n3C4)C(=O)NC(=O)N(c3ccccc3)C2=O)c(OC)c1. The van der Waals surface area contributed by atoms with Crippen molar-refractivity contribution in [1.29, 1.82) is 0 Å². The van der Waals surface area contributed by atoms with Gasteiger partial charge in [0.1, 0.15) is 16.9 Å². The molecule has 3 aliphatic heterocycles. The van der Waals surface area contributed by atoms with E-state index in [1.54, 1.807) is 67.8 Å². The molecule has 6 rings (SSSR count). The van der Waals surface area contributed by atoms with Crippen molar-refractivity contribution in [2.75, 3.05) is 38.8 Å². The number of nitrogens with zero attached hydrogens (tertiary/aromatic N) is 3. The number of benzene rings is 2. The number of rotatable bonds is 7. The summed E-state index contributed by atoms with van der Waals surface area (Å²) in [6, 6.07) is 18.5. The van der Waals surface area contributed by atoms with Crippen molar-refractivity contribution in [2.24, 2.45) is 11.3 Å². The molecule has 2 saturated heterocycles. The summed E-state index contributed by atoms with van der Waals surface area (Å²) in [6.45, 7) is 1.91. The predicted molar refractivity (Wildman–Crippen MR) is 151 cm³/mol. The molecule has 3 aliphatic rings. The van der Waals surface area contributed by atoms with Crippen molar-refractivity contribution in [3.63, 3.8) is 0 Å². The summed E-state index contributed by atoms with van der Waals surface area (Å²) >= 11 is 0. The molecule has 2 fully saturated rings. The van der Waals surface area contributed by atoms with Gasteiger partial charge in [-0.1, -0.05) is 30.3 Å². The molecule has 4 amide bonds. The van der Waals surface area contributed by atoms with Gasteiger partial charge in [0.2, 0.25) is 5.91 Å². The molecule has 2 aromatic carbocycles. The second kappa shape index (κ2) is 10.5. The fraction of sp³-hybridized carbons (Fsp3) is 0.355. The number of piperidine rings is 1. The van der Waals surface area contributed by atoms with Crippen LogP contribution in [0.5, 0.6) is 11.5 Å². The maximum absolute atomic E-state index is 14.5. The van der Waals surface area contributed by atoms with Crippen molar-refractivity contribution in [3.05, 3.63) is 88.3 Å². The lowest BCUT2D eigenvalue weighted by Crippen LogP contribution is -2.68. The highest BCUT2D eigenvalue weighted by molar-refractivity contribution is 6.30. The number of urea groups is 1. The highest BCUT2D eigenvalue weighted by Crippen LogP contribution is 2.40. The lowest BCUT2D eigenvalue weighted by molar-refractivity contribution is -0.144. The van der Waals surface area contributed by atoms with Gasteiger partial charge in [-0.3, -0.25) is 19.7 Å². The first-order valence-electron chi connectivity index (χ1n) is 13.7. The van der Waals surface area contributed by atoms with E-state index < -0.39 is 23.3 Å². The fourth-order valence-electron chi connectivity index (χ4n) is 6.67. The quantitative estimate of drug-likeness (QED) is 0.446. The number of carbonyl (C=O) groups is 3. The Balaban J connectivity index is 1.41. The molecule has 212 valence electrons. The average molecular weight is 557 g/mol. The Morgan fingerprint density at radius 2 is 1.71 bits per heavy atom. The highest BCUT2D eigenvalue weighted by Gasteiger charge is 2.56. The van der Waals surface area contributed by atoms with Gasteiger partial charge in [0.15, 0.2) is 0 Å². The summed E-state index contributed by atoms with van der Waals surface area (Å²) in [5.74, 6) is 0.141. The first-order valence-corrected chi connectivity index (χ1v) is 13.7. The van der Waals surface area contributed by atoms with Crippen LogP contribution in [-0.2, 0) is 22.6 Å². The summed E-state index contributed by atoms with van der Waals surface area (Å²) in [4.78, 5) is 57.2. The Labute approximate surface area is 237 Å². The first-order chi connectivity index (χ1) is 19.8. The van der Waals surface area contributed by atoms with Crippen molar-refractivity contribution in [2.45, 2.75) is 25.3 Å². The number of likely N-dealkylation sites (tertiary alicyclic amines) is 1. The third-order valence-corrected chi connectivity index (χ3v) is 8.52.